The second-order valence-corrected chi connectivity index (χ2v) is 6.64. The molecule has 0 aliphatic carbocycles. The van der Waals surface area contributed by atoms with E-state index in [1.165, 1.54) is 24.3 Å². The topological polar surface area (TPSA) is 18.5 Å². The summed E-state index contributed by atoms with van der Waals surface area (Å²) >= 11 is 0. The van der Waals surface area contributed by atoms with E-state index in [1.807, 2.05) is 13.8 Å². The fraction of sp³-hybridized carbons (Fsp3) is 0.647. The highest BCUT2D eigenvalue weighted by Crippen LogP contribution is 2.52. The minimum atomic E-state index is -6.14. The first-order valence-electron chi connectivity index (χ1n) is 7.77. The van der Waals surface area contributed by atoms with Crippen molar-refractivity contribution >= 4 is 0 Å². The largest absolute Gasteiger partial charge is 0.493 e. The summed E-state index contributed by atoms with van der Waals surface area (Å²) in [5, 5.41) is 0. The average molecular weight is 390 g/mol. The molecule has 0 amide bonds. The van der Waals surface area contributed by atoms with Crippen molar-refractivity contribution in [3.05, 3.63) is 29.8 Å². The fourth-order valence-corrected chi connectivity index (χ4v) is 2.30. The summed E-state index contributed by atoms with van der Waals surface area (Å²) in [6, 6.07) is 5.40. The van der Waals surface area contributed by atoms with Crippen LogP contribution in [0.15, 0.2) is 24.3 Å². The molecule has 1 unspecified atom stereocenters. The van der Waals surface area contributed by atoms with Crippen LogP contribution in [-0.4, -0.2) is 31.7 Å². The third-order valence-electron chi connectivity index (χ3n) is 3.96. The van der Waals surface area contributed by atoms with E-state index in [-0.39, 0.29) is 17.2 Å². The van der Waals surface area contributed by atoms with Gasteiger partial charge >= 0.3 is 18.0 Å². The van der Waals surface area contributed by atoms with Crippen LogP contribution in [0.2, 0.25) is 0 Å². The van der Waals surface area contributed by atoms with Crippen molar-refractivity contribution in [2.45, 2.75) is 50.8 Å². The molecule has 1 rings (SSSR count). The third kappa shape index (κ3) is 4.81. The Morgan fingerprint density at radius 2 is 1.50 bits per heavy atom. The first-order chi connectivity index (χ1) is 11.7. The van der Waals surface area contributed by atoms with Crippen LogP contribution in [-0.2, 0) is 10.3 Å². The summed E-state index contributed by atoms with van der Waals surface area (Å²) in [5.41, 5.74) is -7.66. The molecule has 0 spiro atoms. The summed E-state index contributed by atoms with van der Waals surface area (Å²) in [5.74, 6) is 0.393. The molecular weight excluding hydrogens is 369 g/mol. The number of rotatable bonds is 7. The molecule has 0 aliphatic heterocycles. The van der Waals surface area contributed by atoms with E-state index in [2.05, 4.69) is 0 Å². The molecular formula is C17H21F7O2. The molecule has 26 heavy (non-hydrogen) atoms. The summed E-state index contributed by atoms with van der Waals surface area (Å²) in [4.78, 5) is 0. The van der Waals surface area contributed by atoms with Crippen LogP contribution in [0.3, 0.4) is 0 Å². The van der Waals surface area contributed by atoms with Crippen molar-refractivity contribution in [2.75, 3.05) is 13.7 Å². The molecule has 0 saturated heterocycles. The molecule has 0 bridgehead atoms. The van der Waals surface area contributed by atoms with Gasteiger partial charge in [-0.3, -0.25) is 0 Å². The summed E-state index contributed by atoms with van der Waals surface area (Å²) in [6.07, 6.45) is -14.3. The average Bonchev–Trinajstić information content (AvgIpc) is 2.50. The van der Waals surface area contributed by atoms with Crippen molar-refractivity contribution in [2.24, 2.45) is 5.92 Å². The Balaban J connectivity index is 3.28. The number of hydrogen-bond donors (Lipinski definition) is 0. The van der Waals surface area contributed by atoms with Gasteiger partial charge in [-0.15, -0.1) is 0 Å². The second-order valence-electron chi connectivity index (χ2n) is 6.64. The van der Waals surface area contributed by atoms with E-state index in [1.54, 1.807) is 0 Å². The van der Waals surface area contributed by atoms with Crippen LogP contribution in [0.4, 0.5) is 30.7 Å². The molecule has 0 N–H and O–H groups in total. The number of methoxy groups -OCH3 is 1. The van der Waals surface area contributed by atoms with Crippen LogP contribution >= 0.6 is 0 Å². The SMILES string of the molecule is COC(C)(CC(F)(C(F)(F)F)C(F)(F)F)c1cccc(OCC(C)C)c1. The normalized spacial score (nSPS) is 15.8. The van der Waals surface area contributed by atoms with Gasteiger partial charge in [-0.05, 0) is 30.5 Å². The number of alkyl halides is 7. The molecule has 1 atom stereocenters. The van der Waals surface area contributed by atoms with Crippen molar-refractivity contribution < 1.29 is 40.2 Å². The molecule has 0 heterocycles. The number of halogens is 7. The van der Waals surface area contributed by atoms with Crippen LogP contribution in [0.1, 0.15) is 32.8 Å². The molecule has 150 valence electrons. The van der Waals surface area contributed by atoms with Gasteiger partial charge in [0.05, 0.1) is 12.2 Å². The van der Waals surface area contributed by atoms with Crippen LogP contribution < -0.4 is 4.74 Å². The molecule has 1 aromatic rings. The van der Waals surface area contributed by atoms with E-state index in [9.17, 15) is 30.7 Å². The standard InChI is InChI=1S/C17H21F7O2/c1-11(2)9-26-13-7-5-6-12(8-13)14(3,25-4)10-15(18,16(19,20)21)17(22,23)24/h5-8,11H,9-10H2,1-4H3. The zero-order valence-electron chi connectivity index (χ0n) is 14.8. The minimum Gasteiger partial charge on any atom is -0.493 e. The van der Waals surface area contributed by atoms with E-state index in [4.69, 9.17) is 9.47 Å². The molecule has 9 heteroatoms. The smallest absolute Gasteiger partial charge is 0.431 e. The summed E-state index contributed by atoms with van der Waals surface area (Å²) in [7, 11) is 0.925. The highest BCUT2D eigenvalue weighted by molar-refractivity contribution is 5.33. The first-order valence-corrected chi connectivity index (χ1v) is 7.77. The lowest BCUT2D eigenvalue weighted by Crippen LogP contribution is -2.56. The van der Waals surface area contributed by atoms with E-state index < -0.39 is 30.0 Å². The van der Waals surface area contributed by atoms with Gasteiger partial charge in [-0.25, -0.2) is 4.39 Å². The van der Waals surface area contributed by atoms with E-state index in [0.717, 1.165) is 14.0 Å². The number of benzene rings is 1. The first kappa shape index (κ1) is 22.5. The lowest BCUT2D eigenvalue weighted by atomic mass is 9.83. The lowest BCUT2D eigenvalue weighted by Gasteiger charge is -2.38. The zero-order chi connectivity index (χ0) is 20.4. The van der Waals surface area contributed by atoms with Gasteiger partial charge in [0.15, 0.2) is 0 Å². The minimum absolute atomic E-state index is 0.0585. The van der Waals surface area contributed by atoms with Crippen LogP contribution in [0.5, 0.6) is 5.75 Å². The monoisotopic (exact) mass is 390 g/mol. The van der Waals surface area contributed by atoms with Gasteiger partial charge in [0.25, 0.3) is 0 Å². The molecule has 0 fully saturated rings. The van der Waals surface area contributed by atoms with Crippen molar-refractivity contribution in [3.8, 4) is 5.75 Å². The van der Waals surface area contributed by atoms with Gasteiger partial charge in [0, 0.05) is 13.5 Å². The Morgan fingerprint density at radius 1 is 0.962 bits per heavy atom. The Hall–Kier alpha value is -1.51. The molecule has 1 aromatic carbocycles. The third-order valence-corrected chi connectivity index (χ3v) is 3.96. The van der Waals surface area contributed by atoms with Crippen LogP contribution in [0, 0.1) is 5.92 Å². The predicted octanol–water partition coefficient (Wildman–Crippen LogP) is 5.81. The molecule has 2 nitrogen and oxygen atoms in total. The quantitative estimate of drug-likeness (QED) is 0.548. The van der Waals surface area contributed by atoms with Gasteiger partial charge in [-0.1, -0.05) is 26.0 Å². The Kier molecular flexibility index (Phi) is 6.60. The fourth-order valence-electron chi connectivity index (χ4n) is 2.30. The Labute approximate surface area is 147 Å². The highest BCUT2D eigenvalue weighted by atomic mass is 19.4. The van der Waals surface area contributed by atoms with Gasteiger partial charge in [-0.2, -0.15) is 26.3 Å². The van der Waals surface area contributed by atoms with Gasteiger partial charge in [0.2, 0.25) is 0 Å². The van der Waals surface area contributed by atoms with Crippen LogP contribution in [0.25, 0.3) is 0 Å². The highest BCUT2D eigenvalue weighted by Gasteiger charge is 2.74. The maximum Gasteiger partial charge on any atom is 0.431 e. The molecule has 0 saturated carbocycles. The van der Waals surface area contributed by atoms with Gasteiger partial charge in [0.1, 0.15) is 5.75 Å². The number of ether oxygens (including phenoxy) is 2. The van der Waals surface area contributed by atoms with Crippen molar-refractivity contribution in [1.29, 1.82) is 0 Å². The summed E-state index contributed by atoms with van der Waals surface area (Å²) in [6.45, 7) is 5.01. The van der Waals surface area contributed by atoms with Crippen molar-refractivity contribution in [1.82, 2.24) is 0 Å². The number of hydrogen-bond acceptors (Lipinski definition) is 2. The lowest BCUT2D eigenvalue weighted by molar-refractivity contribution is -0.353. The Bertz CT molecular complexity index is 582. The molecule has 0 aliphatic rings. The zero-order valence-corrected chi connectivity index (χ0v) is 14.8. The molecule has 0 radical (unpaired) electrons. The maximum absolute atomic E-state index is 14.2. The van der Waals surface area contributed by atoms with Gasteiger partial charge < -0.3 is 9.47 Å². The second kappa shape index (κ2) is 7.62. The summed E-state index contributed by atoms with van der Waals surface area (Å²) < 4.78 is 102. The van der Waals surface area contributed by atoms with Crippen molar-refractivity contribution in [3.63, 3.8) is 0 Å². The predicted molar refractivity (Wildman–Crippen MR) is 81.7 cm³/mol. The molecule has 0 aromatic heterocycles. The Morgan fingerprint density at radius 3 is 1.92 bits per heavy atom. The van der Waals surface area contributed by atoms with E-state index >= 15 is 0 Å². The van der Waals surface area contributed by atoms with E-state index in [0.29, 0.717) is 6.61 Å². The maximum atomic E-state index is 14.2.